The molecule has 1 atom stereocenters. The molecule has 0 radical (unpaired) electrons. The molecule has 0 aliphatic carbocycles. The quantitative estimate of drug-likeness (QED) is 0.608. The molecule has 0 saturated carbocycles. The third-order valence-electron chi connectivity index (χ3n) is 6.14. The van der Waals surface area contributed by atoms with Gasteiger partial charge in [-0.15, -0.1) is 0 Å². The summed E-state index contributed by atoms with van der Waals surface area (Å²) in [6, 6.07) is 9.90. The van der Waals surface area contributed by atoms with Crippen molar-refractivity contribution in [3.63, 3.8) is 0 Å². The summed E-state index contributed by atoms with van der Waals surface area (Å²) >= 11 is 0. The molecule has 3 aromatic rings. The average molecular weight is 448 g/mol. The first-order valence-electron chi connectivity index (χ1n) is 11.4. The van der Waals surface area contributed by atoms with E-state index in [1.807, 2.05) is 17.0 Å². The molecule has 1 amide bonds. The molecule has 170 valence electrons. The average Bonchev–Trinajstić information content (AvgIpc) is 3.38. The van der Waals surface area contributed by atoms with Gasteiger partial charge in [0, 0.05) is 55.2 Å². The van der Waals surface area contributed by atoms with Gasteiger partial charge in [-0.2, -0.15) is 0 Å². The number of hydrogen-bond donors (Lipinski definition) is 1. The molecule has 0 spiro atoms. The maximum atomic E-state index is 13.4. The second-order valence-corrected chi connectivity index (χ2v) is 8.43. The van der Waals surface area contributed by atoms with Gasteiger partial charge in [0.05, 0.1) is 18.3 Å². The first-order valence-corrected chi connectivity index (χ1v) is 11.4. The number of aromatic nitrogens is 3. The Bertz CT molecular complexity index is 1120. The summed E-state index contributed by atoms with van der Waals surface area (Å²) in [5.41, 5.74) is 3.34. The number of pyridine rings is 1. The summed E-state index contributed by atoms with van der Waals surface area (Å²) in [5.74, 6) is 1.02. The van der Waals surface area contributed by atoms with Crippen LogP contribution in [0.2, 0.25) is 0 Å². The molecule has 33 heavy (non-hydrogen) atoms. The minimum absolute atomic E-state index is 0.125. The Hall–Kier alpha value is -3.39. The smallest absolute Gasteiger partial charge is 0.222 e. The normalized spacial score (nSPS) is 17.6. The number of amides is 1. The maximum Gasteiger partial charge on any atom is 0.222 e. The van der Waals surface area contributed by atoms with E-state index < -0.39 is 0 Å². The Kier molecular flexibility index (Phi) is 6.26. The lowest BCUT2D eigenvalue weighted by Gasteiger charge is -2.30. The largest absolute Gasteiger partial charge is 0.378 e. The van der Waals surface area contributed by atoms with Crippen molar-refractivity contribution in [1.29, 1.82) is 0 Å². The molecule has 2 aliphatic heterocycles. The Morgan fingerprint density at radius 3 is 2.85 bits per heavy atom. The van der Waals surface area contributed by atoms with E-state index in [1.165, 1.54) is 12.1 Å². The molecule has 8 heteroatoms. The molecule has 2 aromatic heterocycles. The number of benzene rings is 1. The second-order valence-electron chi connectivity index (χ2n) is 8.43. The maximum absolute atomic E-state index is 13.4. The van der Waals surface area contributed by atoms with Gasteiger partial charge in [-0.05, 0) is 55.7 Å². The van der Waals surface area contributed by atoms with Crippen LogP contribution in [0.25, 0.3) is 11.4 Å². The summed E-state index contributed by atoms with van der Waals surface area (Å²) in [7, 11) is 0. The Labute approximate surface area is 192 Å². The highest BCUT2D eigenvalue weighted by atomic mass is 19.1. The lowest BCUT2D eigenvalue weighted by atomic mass is 10.0. The van der Waals surface area contributed by atoms with Crippen LogP contribution >= 0.6 is 0 Å². The number of hydrogen-bond acceptors (Lipinski definition) is 6. The standard InChI is InChI=1S/C25H26FN5O2/c26-18-5-7-19(8-6-18)28-25-21-16-31(23(32)10-9-20-4-2-14-33-20)13-11-22(21)29-24(30-25)17-3-1-12-27-15-17/h1,3,5-8,12,15,20H,2,4,9-11,13-14,16H2,(H,28,29,30). The van der Waals surface area contributed by atoms with Crippen LogP contribution in [-0.4, -0.2) is 45.0 Å². The van der Waals surface area contributed by atoms with E-state index in [-0.39, 0.29) is 17.8 Å². The number of halogens is 1. The fourth-order valence-corrected chi connectivity index (χ4v) is 4.34. The van der Waals surface area contributed by atoms with E-state index in [9.17, 15) is 9.18 Å². The van der Waals surface area contributed by atoms with Crippen molar-refractivity contribution in [2.24, 2.45) is 0 Å². The van der Waals surface area contributed by atoms with Crippen LogP contribution in [0.15, 0.2) is 48.8 Å². The molecule has 1 saturated heterocycles. The molecule has 2 aliphatic rings. The Morgan fingerprint density at radius 1 is 1.21 bits per heavy atom. The summed E-state index contributed by atoms with van der Waals surface area (Å²) in [5, 5.41) is 3.31. The third kappa shape index (κ3) is 5.01. The summed E-state index contributed by atoms with van der Waals surface area (Å²) in [6.45, 7) is 1.86. The van der Waals surface area contributed by atoms with Gasteiger partial charge < -0.3 is 15.0 Å². The molecule has 1 unspecified atom stereocenters. The second kappa shape index (κ2) is 9.62. The number of rotatable bonds is 6. The van der Waals surface area contributed by atoms with Crippen LogP contribution in [0.5, 0.6) is 0 Å². The van der Waals surface area contributed by atoms with E-state index in [1.54, 1.807) is 24.5 Å². The number of carbonyl (C=O) groups is 1. The number of ether oxygens (including phenoxy) is 1. The van der Waals surface area contributed by atoms with E-state index in [4.69, 9.17) is 14.7 Å². The predicted octanol–water partition coefficient (Wildman–Crippen LogP) is 4.27. The van der Waals surface area contributed by atoms with Gasteiger partial charge in [0.1, 0.15) is 11.6 Å². The van der Waals surface area contributed by atoms with Crippen molar-refractivity contribution >= 4 is 17.4 Å². The molecule has 1 aromatic carbocycles. The lowest BCUT2D eigenvalue weighted by molar-refractivity contribution is -0.132. The van der Waals surface area contributed by atoms with Crippen LogP contribution in [0, 0.1) is 5.82 Å². The minimum atomic E-state index is -0.302. The zero-order valence-corrected chi connectivity index (χ0v) is 18.3. The van der Waals surface area contributed by atoms with Gasteiger partial charge in [0.15, 0.2) is 5.82 Å². The van der Waals surface area contributed by atoms with Crippen LogP contribution in [0.3, 0.4) is 0 Å². The van der Waals surface area contributed by atoms with Crippen molar-refractivity contribution < 1.29 is 13.9 Å². The molecule has 0 bridgehead atoms. The SMILES string of the molecule is O=C(CCC1CCCO1)N1CCc2nc(-c3cccnc3)nc(Nc3ccc(F)cc3)c2C1. The number of nitrogens with one attached hydrogen (secondary N) is 1. The van der Waals surface area contributed by atoms with Crippen molar-refractivity contribution in [1.82, 2.24) is 19.9 Å². The fraction of sp³-hybridized carbons (Fsp3) is 0.360. The van der Waals surface area contributed by atoms with E-state index in [0.717, 1.165) is 48.4 Å². The zero-order chi connectivity index (χ0) is 22.6. The minimum Gasteiger partial charge on any atom is -0.378 e. The summed E-state index contributed by atoms with van der Waals surface area (Å²) in [6.07, 6.45) is 7.64. The van der Waals surface area contributed by atoms with Crippen molar-refractivity contribution in [3.05, 3.63) is 65.9 Å². The highest BCUT2D eigenvalue weighted by Gasteiger charge is 2.27. The monoisotopic (exact) mass is 447 g/mol. The van der Waals surface area contributed by atoms with Crippen LogP contribution in [0.4, 0.5) is 15.9 Å². The molecular formula is C25H26FN5O2. The van der Waals surface area contributed by atoms with Crippen LogP contribution in [-0.2, 0) is 22.5 Å². The fourth-order valence-electron chi connectivity index (χ4n) is 4.34. The first kappa shape index (κ1) is 21.5. The third-order valence-corrected chi connectivity index (χ3v) is 6.14. The first-order chi connectivity index (χ1) is 16.2. The molecule has 5 rings (SSSR count). The van der Waals surface area contributed by atoms with Gasteiger partial charge >= 0.3 is 0 Å². The highest BCUT2D eigenvalue weighted by Crippen LogP contribution is 2.30. The number of fused-ring (bicyclic) bond motifs is 1. The summed E-state index contributed by atoms with van der Waals surface area (Å²) in [4.78, 5) is 28.5. The number of carbonyl (C=O) groups excluding carboxylic acids is 1. The van der Waals surface area contributed by atoms with E-state index in [0.29, 0.717) is 37.6 Å². The topological polar surface area (TPSA) is 80.2 Å². The molecule has 1 N–H and O–H groups in total. The van der Waals surface area contributed by atoms with Gasteiger partial charge in [-0.3, -0.25) is 9.78 Å². The van der Waals surface area contributed by atoms with Crippen LogP contribution < -0.4 is 5.32 Å². The van der Waals surface area contributed by atoms with Crippen molar-refractivity contribution in [2.45, 2.75) is 44.8 Å². The van der Waals surface area contributed by atoms with Gasteiger partial charge in [-0.1, -0.05) is 0 Å². The van der Waals surface area contributed by atoms with Crippen molar-refractivity contribution in [3.8, 4) is 11.4 Å². The Balaban J connectivity index is 1.41. The van der Waals surface area contributed by atoms with Gasteiger partial charge in [0.2, 0.25) is 5.91 Å². The van der Waals surface area contributed by atoms with Gasteiger partial charge in [0.25, 0.3) is 0 Å². The lowest BCUT2D eigenvalue weighted by Crippen LogP contribution is -2.37. The summed E-state index contributed by atoms with van der Waals surface area (Å²) < 4.78 is 19.1. The highest BCUT2D eigenvalue weighted by molar-refractivity contribution is 5.77. The van der Waals surface area contributed by atoms with E-state index in [2.05, 4.69) is 10.3 Å². The number of anilines is 2. The zero-order valence-electron chi connectivity index (χ0n) is 18.3. The predicted molar refractivity (Wildman–Crippen MR) is 122 cm³/mol. The Morgan fingerprint density at radius 2 is 2.09 bits per heavy atom. The molecular weight excluding hydrogens is 421 g/mol. The van der Waals surface area contributed by atoms with Gasteiger partial charge in [-0.25, -0.2) is 14.4 Å². The molecule has 7 nitrogen and oxygen atoms in total. The number of nitrogens with zero attached hydrogens (tertiary/aromatic N) is 4. The van der Waals surface area contributed by atoms with Crippen molar-refractivity contribution in [2.75, 3.05) is 18.5 Å². The van der Waals surface area contributed by atoms with Crippen LogP contribution in [0.1, 0.15) is 36.9 Å². The molecule has 4 heterocycles. The molecule has 1 fully saturated rings. The van der Waals surface area contributed by atoms with E-state index >= 15 is 0 Å².